The maximum atomic E-state index is 13.9. The van der Waals surface area contributed by atoms with Crippen LogP contribution in [0.4, 0.5) is 10.1 Å². The van der Waals surface area contributed by atoms with Gasteiger partial charge in [-0.25, -0.2) is 12.8 Å². The van der Waals surface area contributed by atoms with Gasteiger partial charge in [-0.2, -0.15) is 0 Å². The summed E-state index contributed by atoms with van der Waals surface area (Å²) in [5.41, 5.74) is 1.79. The number of halogens is 1. The minimum atomic E-state index is -4.09. The molecular formula is C26H21FN2O3S. The Morgan fingerprint density at radius 2 is 1.30 bits per heavy atom. The molecule has 0 aromatic heterocycles. The first-order valence-electron chi connectivity index (χ1n) is 10.2. The summed E-state index contributed by atoms with van der Waals surface area (Å²) in [7, 11) is -4.09. The van der Waals surface area contributed by atoms with E-state index in [9.17, 15) is 17.6 Å². The van der Waals surface area contributed by atoms with E-state index in [2.05, 4.69) is 10.0 Å². The second kappa shape index (κ2) is 9.67. The molecule has 0 bridgehead atoms. The van der Waals surface area contributed by atoms with Crippen molar-refractivity contribution in [1.82, 2.24) is 5.32 Å². The molecule has 7 heteroatoms. The van der Waals surface area contributed by atoms with Crippen molar-refractivity contribution < 1.29 is 17.6 Å². The van der Waals surface area contributed by atoms with Crippen LogP contribution in [0.5, 0.6) is 0 Å². The summed E-state index contributed by atoms with van der Waals surface area (Å²) in [4.78, 5) is 13.0. The van der Waals surface area contributed by atoms with Gasteiger partial charge >= 0.3 is 0 Å². The third-order valence-corrected chi connectivity index (χ3v) is 6.43. The molecule has 0 radical (unpaired) electrons. The van der Waals surface area contributed by atoms with Gasteiger partial charge in [0.05, 0.1) is 16.6 Å². The number of rotatable bonds is 7. The Bertz CT molecular complexity index is 1320. The van der Waals surface area contributed by atoms with Crippen LogP contribution >= 0.6 is 0 Å². The van der Waals surface area contributed by atoms with E-state index in [1.165, 1.54) is 42.5 Å². The van der Waals surface area contributed by atoms with Crippen molar-refractivity contribution in [2.75, 3.05) is 4.72 Å². The molecule has 0 atom stereocenters. The highest BCUT2D eigenvalue weighted by Gasteiger charge is 2.21. The molecule has 166 valence electrons. The van der Waals surface area contributed by atoms with Crippen LogP contribution in [0.15, 0.2) is 114 Å². The first-order chi connectivity index (χ1) is 15.9. The van der Waals surface area contributed by atoms with E-state index >= 15 is 0 Å². The first-order valence-corrected chi connectivity index (χ1v) is 11.7. The average molecular weight is 461 g/mol. The van der Waals surface area contributed by atoms with Crippen molar-refractivity contribution in [1.29, 1.82) is 0 Å². The second-order valence-corrected chi connectivity index (χ2v) is 9.02. The van der Waals surface area contributed by atoms with E-state index in [4.69, 9.17) is 0 Å². The predicted molar refractivity (Wildman–Crippen MR) is 126 cm³/mol. The number of carbonyl (C=O) groups excluding carboxylic acids is 1. The highest BCUT2D eigenvalue weighted by atomic mass is 32.2. The van der Waals surface area contributed by atoms with Crippen LogP contribution < -0.4 is 10.0 Å². The van der Waals surface area contributed by atoms with Gasteiger partial charge in [-0.05, 0) is 41.5 Å². The number of hydrogen-bond donors (Lipinski definition) is 2. The molecule has 4 aromatic rings. The van der Waals surface area contributed by atoms with E-state index in [0.29, 0.717) is 0 Å². The summed E-state index contributed by atoms with van der Waals surface area (Å²) in [6.07, 6.45) is 0. The number of hydrogen-bond acceptors (Lipinski definition) is 3. The third kappa shape index (κ3) is 5.27. The molecule has 0 aliphatic rings. The fraction of sp³-hybridized carbons (Fsp3) is 0.0385. The van der Waals surface area contributed by atoms with Gasteiger partial charge < -0.3 is 5.32 Å². The monoisotopic (exact) mass is 460 g/mol. The molecule has 0 saturated carbocycles. The lowest BCUT2D eigenvalue weighted by Gasteiger charge is -2.20. The number of para-hydroxylation sites is 1. The summed E-state index contributed by atoms with van der Waals surface area (Å²) in [6.45, 7) is 0. The molecule has 4 rings (SSSR count). The van der Waals surface area contributed by atoms with Gasteiger partial charge in [0.1, 0.15) is 5.82 Å². The summed E-state index contributed by atoms with van der Waals surface area (Å²) >= 11 is 0. The molecule has 2 N–H and O–H groups in total. The van der Waals surface area contributed by atoms with Gasteiger partial charge in [-0.15, -0.1) is 0 Å². The van der Waals surface area contributed by atoms with E-state index in [1.54, 1.807) is 0 Å². The Balaban J connectivity index is 1.61. The summed E-state index contributed by atoms with van der Waals surface area (Å²) in [5.74, 6) is -1.13. The van der Waals surface area contributed by atoms with Crippen LogP contribution in [-0.4, -0.2) is 14.3 Å². The SMILES string of the molecule is O=C(NC(c1ccccc1)c1ccccc1)c1cccc(S(=O)(=O)Nc2ccccc2F)c1. The number of anilines is 1. The minimum absolute atomic E-state index is 0.144. The highest BCUT2D eigenvalue weighted by molar-refractivity contribution is 7.92. The van der Waals surface area contributed by atoms with Crippen LogP contribution in [0, 0.1) is 5.82 Å². The van der Waals surface area contributed by atoms with Gasteiger partial charge in [-0.1, -0.05) is 78.9 Å². The van der Waals surface area contributed by atoms with Crippen LogP contribution in [-0.2, 0) is 10.0 Å². The average Bonchev–Trinajstić information content (AvgIpc) is 2.85. The van der Waals surface area contributed by atoms with Crippen molar-refractivity contribution >= 4 is 21.6 Å². The van der Waals surface area contributed by atoms with Crippen molar-refractivity contribution in [3.63, 3.8) is 0 Å². The lowest BCUT2D eigenvalue weighted by molar-refractivity contribution is 0.0942. The molecule has 0 aliphatic carbocycles. The molecule has 0 aliphatic heterocycles. The first kappa shape index (κ1) is 22.2. The van der Waals surface area contributed by atoms with Crippen molar-refractivity contribution in [2.45, 2.75) is 10.9 Å². The van der Waals surface area contributed by atoms with Crippen LogP contribution in [0.2, 0.25) is 0 Å². The number of nitrogens with one attached hydrogen (secondary N) is 2. The zero-order valence-electron chi connectivity index (χ0n) is 17.5. The number of carbonyl (C=O) groups is 1. The number of benzene rings is 4. The molecule has 4 aromatic carbocycles. The van der Waals surface area contributed by atoms with Crippen molar-refractivity contribution in [2.24, 2.45) is 0 Å². The van der Waals surface area contributed by atoms with Gasteiger partial charge in [0.15, 0.2) is 0 Å². The van der Waals surface area contributed by atoms with Gasteiger partial charge in [-0.3, -0.25) is 9.52 Å². The minimum Gasteiger partial charge on any atom is -0.341 e. The normalized spacial score (nSPS) is 11.2. The fourth-order valence-corrected chi connectivity index (χ4v) is 4.53. The smallest absolute Gasteiger partial charge is 0.262 e. The van der Waals surface area contributed by atoms with Crippen LogP contribution in [0.1, 0.15) is 27.5 Å². The third-order valence-electron chi connectivity index (χ3n) is 5.07. The molecule has 33 heavy (non-hydrogen) atoms. The molecule has 0 unspecified atom stereocenters. The molecule has 5 nitrogen and oxygen atoms in total. The van der Waals surface area contributed by atoms with Crippen LogP contribution in [0.25, 0.3) is 0 Å². The topological polar surface area (TPSA) is 75.3 Å². The standard InChI is InChI=1S/C26H21FN2O3S/c27-23-16-7-8-17-24(23)29-33(31,32)22-15-9-14-21(18-22)26(30)28-25(19-10-3-1-4-11-19)20-12-5-2-6-13-20/h1-18,25,29H,(H,28,30). The van der Waals surface area contributed by atoms with Gasteiger partial charge in [0, 0.05) is 5.56 Å². The Labute approximate surface area is 192 Å². The predicted octanol–water partition coefficient (Wildman–Crippen LogP) is 5.15. The molecule has 0 saturated heterocycles. The molecule has 1 amide bonds. The van der Waals surface area contributed by atoms with Gasteiger partial charge in [0.2, 0.25) is 0 Å². The zero-order chi connectivity index (χ0) is 23.3. The zero-order valence-corrected chi connectivity index (χ0v) is 18.3. The molecular weight excluding hydrogens is 439 g/mol. The number of sulfonamides is 1. The summed E-state index contributed by atoms with van der Waals surface area (Å²) in [5, 5.41) is 2.99. The van der Waals surface area contributed by atoms with E-state index in [0.717, 1.165) is 17.2 Å². The van der Waals surface area contributed by atoms with Crippen molar-refractivity contribution in [3.8, 4) is 0 Å². The maximum Gasteiger partial charge on any atom is 0.262 e. The molecule has 0 spiro atoms. The Morgan fingerprint density at radius 3 is 1.91 bits per heavy atom. The largest absolute Gasteiger partial charge is 0.341 e. The summed E-state index contributed by atoms with van der Waals surface area (Å²) < 4.78 is 41.7. The summed E-state index contributed by atoms with van der Waals surface area (Å²) in [6, 6.07) is 29.7. The van der Waals surface area contributed by atoms with E-state index < -0.39 is 27.8 Å². The Hall–Kier alpha value is -3.97. The van der Waals surface area contributed by atoms with E-state index in [-0.39, 0.29) is 16.1 Å². The lowest BCUT2D eigenvalue weighted by Crippen LogP contribution is -2.29. The lowest BCUT2D eigenvalue weighted by atomic mass is 9.98. The maximum absolute atomic E-state index is 13.9. The second-order valence-electron chi connectivity index (χ2n) is 7.34. The van der Waals surface area contributed by atoms with E-state index in [1.807, 2.05) is 60.7 Å². The quantitative estimate of drug-likeness (QED) is 0.401. The van der Waals surface area contributed by atoms with Gasteiger partial charge in [0.25, 0.3) is 15.9 Å². The molecule has 0 fully saturated rings. The Kier molecular flexibility index (Phi) is 6.51. The Morgan fingerprint density at radius 1 is 0.727 bits per heavy atom. The van der Waals surface area contributed by atoms with Crippen LogP contribution in [0.3, 0.4) is 0 Å². The van der Waals surface area contributed by atoms with Crippen molar-refractivity contribution in [3.05, 3.63) is 132 Å². The number of amides is 1. The highest BCUT2D eigenvalue weighted by Crippen LogP contribution is 2.23. The fourth-order valence-electron chi connectivity index (χ4n) is 3.42. The molecule has 0 heterocycles.